The van der Waals surface area contributed by atoms with Crippen molar-refractivity contribution in [2.45, 2.75) is 61.4 Å². The highest BCUT2D eigenvalue weighted by atomic mass is 16.7. The number of aliphatic hydroxyl groups is 3. The van der Waals surface area contributed by atoms with Crippen LogP contribution in [-0.2, 0) is 16.6 Å². The van der Waals surface area contributed by atoms with Crippen molar-refractivity contribution < 1.29 is 29.5 Å². The first kappa shape index (κ1) is 20.3. The molecule has 1 spiro atoms. The van der Waals surface area contributed by atoms with Crippen molar-refractivity contribution >= 4 is 0 Å². The van der Waals surface area contributed by atoms with Crippen LogP contribution < -0.4 is 9.47 Å². The summed E-state index contributed by atoms with van der Waals surface area (Å²) in [5.41, 5.74) is 0.620. The molecule has 0 amide bonds. The van der Waals surface area contributed by atoms with Crippen LogP contribution in [0.5, 0.6) is 11.5 Å². The third-order valence-electron chi connectivity index (χ3n) is 7.63. The average molecular weight is 418 g/mol. The summed E-state index contributed by atoms with van der Waals surface area (Å²) in [7, 11) is 0. The van der Waals surface area contributed by atoms with Crippen molar-refractivity contribution in [3.05, 3.63) is 35.9 Å². The number of hydrogen-bond acceptors (Lipinski definition) is 7. The van der Waals surface area contributed by atoms with Gasteiger partial charge in [0.1, 0.15) is 6.10 Å². The fraction of sp³-hybridized carbons (Fsp3) is 0.652. The van der Waals surface area contributed by atoms with Gasteiger partial charge in [0.2, 0.25) is 0 Å². The fourth-order valence-electron chi connectivity index (χ4n) is 6.42. The van der Waals surface area contributed by atoms with E-state index in [1.165, 1.54) is 5.56 Å². The molecular weight excluding hydrogens is 386 g/mol. The molecule has 0 radical (unpaired) electrons. The van der Waals surface area contributed by atoms with Gasteiger partial charge in [-0.15, -0.1) is 6.58 Å². The highest BCUT2D eigenvalue weighted by Gasteiger charge is 2.72. The summed E-state index contributed by atoms with van der Waals surface area (Å²) in [5, 5.41) is 31.9. The summed E-state index contributed by atoms with van der Waals surface area (Å²) in [6.07, 6.45) is 3.91. The van der Waals surface area contributed by atoms with Crippen LogP contribution in [0.3, 0.4) is 0 Å². The van der Waals surface area contributed by atoms with Gasteiger partial charge in [0.25, 0.3) is 0 Å². The Morgan fingerprint density at radius 1 is 1.33 bits per heavy atom. The van der Waals surface area contributed by atoms with Crippen LogP contribution in [0.1, 0.15) is 36.8 Å². The van der Waals surface area contributed by atoms with Gasteiger partial charge < -0.3 is 29.5 Å². The molecule has 1 saturated carbocycles. The topological polar surface area (TPSA) is 91.6 Å². The van der Waals surface area contributed by atoms with E-state index in [-0.39, 0.29) is 19.4 Å². The van der Waals surface area contributed by atoms with Crippen LogP contribution in [0.15, 0.2) is 24.8 Å². The molecular formula is C23H31NO6. The predicted molar refractivity (Wildman–Crippen MR) is 110 cm³/mol. The van der Waals surface area contributed by atoms with E-state index >= 15 is 0 Å². The van der Waals surface area contributed by atoms with E-state index in [1.54, 1.807) is 0 Å². The lowest BCUT2D eigenvalue weighted by Gasteiger charge is -2.63. The van der Waals surface area contributed by atoms with Crippen molar-refractivity contribution in [2.24, 2.45) is 0 Å². The zero-order valence-corrected chi connectivity index (χ0v) is 17.3. The summed E-state index contributed by atoms with van der Waals surface area (Å²) >= 11 is 0. The Bertz CT molecular complexity index is 830. The van der Waals surface area contributed by atoms with Gasteiger partial charge >= 0.3 is 0 Å². The second-order valence-corrected chi connectivity index (χ2v) is 8.97. The average Bonchev–Trinajstić information content (AvgIpc) is 3.09. The number of likely N-dealkylation sites (tertiary alicyclic amines) is 1. The number of ether oxygens (including phenoxy) is 3. The monoisotopic (exact) mass is 417 g/mol. The van der Waals surface area contributed by atoms with Crippen molar-refractivity contribution in [3.8, 4) is 11.5 Å². The Morgan fingerprint density at radius 3 is 3.00 bits per heavy atom. The lowest BCUT2D eigenvalue weighted by molar-refractivity contribution is -0.206. The molecule has 30 heavy (non-hydrogen) atoms. The number of nitrogens with zero attached hydrogens (tertiary/aromatic N) is 1. The first-order valence-electron chi connectivity index (χ1n) is 11.0. The molecule has 2 heterocycles. The second kappa shape index (κ2) is 7.50. The molecule has 2 aliphatic heterocycles. The molecule has 0 aromatic heterocycles. The van der Waals surface area contributed by atoms with Crippen LogP contribution in [0.2, 0.25) is 0 Å². The minimum atomic E-state index is -0.952. The lowest BCUT2D eigenvalue weighted by Crippen LogP contribution is -2.77. The molecule has 0 unspecified atom stereocenters. The molecule has 5 rings (SSSR count). The van der Waals surface area contributed by atoms with Gasteiger partial charge in [-0.05, 0) is 50.3 Å². The number of rotatable bonds is 8. The van der Waals surface area contributed by atoms with Crippen LogP contribution in [0.25, 0.3) is 0 Å². The maximum absolute atomic E-state index is 12.1. The zero-order valence-electron chi connectivity index (χ0n) is 17.3. The standard InChI is InChI=1S/C23H31NO6/c1-2-9-24-10-8-22-19-15-4-5-17(29-14-28-12-3-11-25)20(19)30-21(22)16(26)6-7-23(22,27)18(24)13-15/h2,4-5,16,18,21,25-27H,1,3,6-14H2/t16-,18-,21+,22+,23-/m1/s1. The Hall–Kier alpha value is -1.64. The molecule has 2 aliphatic carbocycles. The quantitative estimate of drug-likeness (QED) is 0.332. The van der Waals surface area contributed by atoms with E-state index in [1.807, 2.05) is 12.1 Å². The van der Waals surface area contributed by atoms with E-state index in [9.17, 15) is 10.2 Å². The van der Waals surface area contributed by atoms with Gasteiger partial charge in [-0.25, -0.2) is 0 Å². The zero-order chi connectivity index (χ0) is 20.9. The Balaban J connectivity index is 1.54. The van der Waals surface area contributed by atoms with Gasteiger partial charge in [-0.3, -0.25) is 4.90 Å². The second-order valence-electron chi connectivity index (χ2n) is 8.97. The molecule has 5 atom stereocenters. The minimum absolute atomic E-state index is 0.0186. The van der Waals surface area contributed by atoms with E-state index in [0.29, 0.717) is 37.4 Å². The highest BCUT2D eigenvalue weighted by Crippen LogP contribution is 2.65. The molecule has 164 valence electrons. The van der Waals surface area contributed by atoms with Crippen molar-refractivity contribution in [1.29, 1.82) is 0 Å². The number of piperidine rings is 1. The van der Waals surface area contributed by atoms with Gasteiger partial charge in [0.05, 0.1) is 23.7 Å². The number of benzene rings is 1. The molecule has 7 nitrogen and oxygen atoms in total. The molecule has 7 heteroatoms. The fourth-order valence-corrected chi connectivity index (χ4v) is 6.42. The molecule has 2 bridgehead atoms. The van der Waals surface area contributed by atoms with E-state index in [4.69, 9.17) is 19.3 Å². The Kier molecular flexibility index (Phi) is 5.07. The van der Waals surface area contributed by atoms with Crippen LogP contribution >= 0.6 is 0 Å². The third kappa shape index (κ3) is 2.63. The first-order chi connectivity index (χ1) is 14.6. The van der Waals surface area contributed by atoms with E-state index in [2.05, 4.69) is 17.5 Å². The SMILES string of the molecule is C=CCN1CC[C@]23c4c5ccc(OCOCCCO)c4O[C@H]2[C@H](O)CC[C@@]3(O)[C@H]1C5. The maximum Gasteiger partial charge on any atom is 0.189 e. The van der Waals surface area contributed by atoms with E-state index in [0.717, 1.165) is 31.5 Å². The lowest BCUT2D eigenvalue weighted by atomic mass is 9.48. The first-order valence-corrected chi connectivity index (χ1v) is 11.0. The molecule has 2 fully saturated rings. The summed E-state index contributed by atoms with van der Waals surface area (Å²) in [6.45, 7) is 6.04. The maximum atomic E-state index is 12.1. The largest absolute Gasteiger partial charge is 0.482 e. The van der Waals surface area contributed by atoms with Gasteiger partial charge in [-0.1, -0.05) is 12.1 Å². The molecule has 4 aliphatic rings. The summed E-state index contributed by atoms with van der Waals surface area (Å²) in [5.74, 6) is 1.24. The third-order valence-corrected chi connectivity index (χ3v) is 7.63. The molecule has 1 aromatic rings. The number of hydrogen-bond donors (Lipinski definition) is 3. The van der Waals surface area contributed by atoms with Crippen molar-refractivity contribution in [3.63, 3.8) is 0 Å². The van der Waals surface area contributed by atoms with Gasteiger partial charge in [0.15, 0.2) is 18.3 Å². The van der Waals surface area contributed by atoms with Crippen LogP contribution in [-0.4, -0.2) is 77.2 Å². The highest BCUT2D eigenvalue weighted by molar-refractivity contribution is 5.63. The molecule has 1 aromatic carbocycles. The van der Waals surface area contributed by atoms with E-state index < -0.39 is 23.2 Å². The molecule has 3 N–H and O–H groups in total. The summed E-state index contributed by atoms with van der Waals surface area (Å²) in [6, 6.07) is 3.96. The smallest absolute Gasteiger partial charge is 0.189 e. The van der Waals surface area contributed by atoms with Gasteiger partial charge in [-0.2, -0.15) is 0 Å². The van der Waals surface area contributed by atoms with Crippen LogP contribution in [0, 0.1) is 0 Å². The summed E-state index contributed by atoms with van der Waals surface area (Å²) in [4.78, 5) is 2.33. The number of aliphatic hydroxyl groups excluding tert-OH is 2. The Morgan fingerprint density at radius 2 is 2.20 bits per heavy atom. The normalized spacial score (nSPS) is 36.2. The van der Waals surface area contributed by atoms with Gasteiger partial charge in [0, 0.05) is 24.8 Å². The van der Waals surface area contributed by atoms with Crippen molar-refractivity contribution in [2.75, 3.05) is 33.1 Å². The van der Waals surface area contributed by atoms with Crippen molar-refractivity contribution in [1.82, 2.24) is 4.90 Å². The summed E-state index contributed by atoms with van der Waals surface area (Å²) < 4.78 is 17.7. The Labute approximate surface area is 176 Å². The molecule has 1 saturated heterocycles. The minimum Gasteiger partial charge on any atom is -0.482 e. The van der Waals surface area contributed by atoms with Crippen LogP contribution in [0.4, 0.5) is 0 Å². The predicted octanol–water partition coefficient (Wildman–Crippen LogP) is 1.12.